The summed E-state index contributed by atoms with van der Waals surface area (Å²) in [6, 6.07) is 9.17. The molecule has 0 amide bonds. The van der Waals surface area contributed by atoms with Gasteiger partial charge in [0.15, 0.2) is 0 Å². The molecule has 3 heteroatoms. The Bertz CT molecular complexity index is 483. The molecule has 0 bridgehead atoms. The second-order valence-electron chi connectivity index (χ2n) is 4.86. The summed E-state index contributed by atoms with van der Waals surface area (Å²) in [5.41, 5.74) is 1.26. The van der Waals surface area contributed by atoms with Gasteiger partial charge in [0.05, 0.1) is 11.7 Å². The Labute approximate surface area is 102 Å². The van der Waals surface area contributed by atoms with Gasteiger partial charge in [-0.05, 0) is 38.3 Å². The molecule has 17 heavy (non-hydrogen) atoms. The highest BCUT2D eigenvalue weighted by Gasteiger charge is 2.13. The third-order valence-corrected chi connectivity index (χ3v) is 3.64. The molecule has 1 aromatic heterocycles. The Morgan fingerprint density at radius 3 is 3.18 bits per heavy atom. The summed E-state index contributed by atoms with van der Waals surface area (Å²) < 4.78 is 2.13. The van der Waals surface area contributed by atoms with Crippen molar-refractivity contribution < 1.29 is 0 Å². The molecular formula is C14H19N3. The first kappa shape index (κ1) is 10.8. The van der Waals surface area contributed by atoms with Crippen molar-refractivity contribution in [2.24, 2.45) is 0 Å². The summed E-state index contributed by atoms with van der Waals surface area (Å²) in [4.78, 5) is 0. The van der Waals surface area contributed by atoms with Crippen LogP contribution in [0.15, 0.2) is 30.5 Å². The Balaban J connectivity index is 1.60. The van der Waals surface area contributed by atoms with Gasteiger partial charge in [-0.25, -0.2) is 0 Å². The predicted octanol–water partition coefficient (Wildman–Crippen LogP) is 2.57. The highest BCUT2D eigenvalue weighted by atomic mass is 15.3. The molecule has 1 fully saturated rings. The van der Waals surface area contributed by atoms with E-state index in [-0.39, 0.29) is 0 Å². The maximum Gasteiger partial charge on any atom is 0.0682 e. The summed E-state index contributed by atoms with van der Waals surface area (Å²) >= 11 is 0. The highest BCUT2D eigenvalue weighted by molar-refractivity contribution is 5.78. The van der Waals surface area contributed by atoms with Crippen LogP contribution in [0.2, 0.25) is 0 Å². The summed E-state index contributed by atoms with van der Waals surface area (Å²) in [7, 11) is 0. The average molecular weight is 229 g/mol. The lowest BCUT2D eigenvalue weighted by Crippen LogP contribution is -2.21. The van der Waals surface area contributed by atoms with E-state index < -0.39 is 0 Å². The minimum Gasteiger partial charge on any atom is -0.314 e. The van der Waals surface area contributed by atoms with Crippen LogP contribution in [0.1, 0.15) is 25.7 Å². The van der Waals surface area contributed by atoms with Crippen molar-refractivity contribution in [2.45, 2.75) is 38.3 Å². The zero-order valence-corrected chi connectivity index (χ0v) is 10.1. The fourth-order valence-corrected chi connectivity index (χ4v) is 2.69. The fourth-order valence-electron chi connectivity index (χ4n) is 2.69. The van der Waals surface area contributed by atoms with Crippen LogP contribution in [0.3, 0.4) is 0 Å². The second-order valence-corrected chi connectivity index (χ2v) is 4.86. The quantitative estimate of drug-likeness (QED) is 0.873. The van der Waals surface area contributed by atoms with Crippen molar-refractivity contribution in [3.05, 3.63) is 30.5 Å². The Kier molecular flexibility index (Phi) is 3.10. The minimum absolute atomic E-state index is 0.747. The van der Waals surface area contributed by atoms with E-state index in [0.717, 1.165) is 12.6 Å². The smallest absolute Gasteiger partial charge is 0.0682 e. The number of nitrogens with one attached hydrogen (secondary N) is 1. The number of nitrogens with zero attached hydrogens (tertiary/aromatic N) is 2. The van der Waals surface area contributed by atoms with E-state index in [9.17, 15) is 0 Å². The standard InChI is InChI=1S/C14H19N3/c1-2-8-14-12(5-1)11-16-17(14)10-4-7-13-6-3-9-15-13/h1-2,5,8,11,13,15H,3-4,6-7,9-10H2. The van der Waals surface area contributed by atoms with E-state index in [1.54, 1.807) is 0 Å². The number of aryl methyl sites for hydroxylation is 1. The van der Waals surface area contributed by atoms with E-state index in [4.69, 9.17) is 0 Å². The average Bonchev–Trinajstić information content (AvgIpc) is 2.99. The zero-order valence-electron chi connectivity index (χ0n) is 10.1. The molecule has 2 heterocycles. The van der Waals surface area contributed by atoms with Gasteiger partial charge in [-0.3, -0.25) is 4.68 Å². The van der Waals surface area contributed by atoms with Gasteiger partial charge in [0, 0.05) is 18.0 Å². The molecule has 1 aromatic carbocycles. The lowest BCUT2D eigenvalue weighted by molar-refractivity contribution is 0.490. The highest BCUT2D eigenvalue weighted by Crippen LogP contribution is 2.15. The Morgan fingerprint density at radius 1 is 1.35 bits per heavy atom. The molecule has 1 N–H and O–H groups in total. The number of hydrogen-bond donors (Lipinski definition) is 1. The van der Waals surface area contributed by atoms with Crippen LogP contribution >= 0.6 is 0 Å². The third-order valence-electron chi connectivity index (χ3n) is 3.64. The third kappa shape index (κ3) is 2.34. The largest absolute Gasteiger partial charge is 0.314 e. The monoisotopic (exact) mass is 229 g/mol. The molecular weight excluding hydrogens is 210 g/mol. The van der Waals surface area contributed by atoms with Crippen molar-refractivity contribution in [2.75, 3.05) is 6.54 Å². The zero-order chi connectivity index (χ0) is 11.5. The summed E-state index contributed by atoms with van der Waals surface area (Å²) in [6.07, 6.45) is 7.13. The van der Waals surface area contributed by atoms with Gasteiger partial charge in [0.2, 0.25) is 0 Å². The number of rotatable bonds is 4. The summed E-state index contributed by atoms with van der Waals surface area (Å²) in [5, 5.41) is 9.24. The van der Waals surface area contributed by atoms with Crippen LogP contribution in [0, 0.1) is 0 Å². The molecule has 1 atom stereocenters. The molecule has 1 unspecified atom stereocenters. The molecule has 0 aliphatic carbocycles. The SMILES string of the molecule is c1ccc2c(c1)cnn2CCCC1CCCN1. The fraction of sp³-hybridized carbons (Fsp3) is 0.500. The molecule has 90 valence electrons. The van der Waals surface area contributed by atoms with Crippen LogP contribution < -0.4 is 5.32 Å². The van der Waals surface area contributed by atoms with Gasteiger partial charge in [0.1, 0.15) is 0 Å². The van der Waals surface area contributed by atoms with Crippen LogP contribution in [-0.4, -0.2) is 22.4 Å². The predicted molar refractivity (Wildman–Crippen MR) is 70.0 cm³/mol. The van der Waals surface area contributed by atoms with E-state index in [1.165, 1.54) is 43.1 Å². The number of para-hydroxylation sites is 1. The number of hydrogen-bond acceptors (Lipinski definition) is 2. The van der Waals surface area contributed by atoms with Crippen molar-refractivity contribution in [3.63, 3.8) is 0 Å². The van der Waals surface area contributed by atoms with Gasteiger partial charge in [-0.15, -0.1) is 0 Å². The second kappa shape index (κ2) is 4.88. The van der Waals surface area contributed by atoms with Crippen molar-refractivity contribution in [1.29, 1.82) is 0 Å². The number of fused-ring (bicyclic) bond motifs is 1. The summed E-state index contributed by atoms with van der Waals surface area (Å²) in [6.45, 7) is 2.24. The van der Waals surface area contributed by atoms with Gasteiger partial charge in [0.25, 0.3) is 0 Å². The molecule has 1 aliphatic rings. The molecule has 0 spiro atoms. The maximum atomic E-state index is 4.46. The summed E-state index contributed by atoms with van der Waals surface area (Å²) in [5.74, 6) is 0. The topological polar surface area (TPSA) is 29.9 Å². The maximum absolute atomic E-state index is 4.46. The van der Waals surface area contributed by atoms with E-state index in [1.807, 2.05) is 6.20 Å². The van der Waals surface area contributed by atoms with E-state index >= 15 is 0 Å². The molecule has 1 aliphatic heterocycles. The minimum atomic E-state index is 0.747. The molecule has 1 saturated heterocycles. The Morgan fingerprint density at radius 2 is 2.29 bits per heavy atom. The van der Waals surface area contributed by atoms with Crippen LogP contribution in [0.4, 0.5) is 0 Å². The van der Waals surface area contributed by atoms with Gasteiger partial charge >= 0.3 is 0 Å². The number of aromatic nitrogens is 2. The van der Waals surface area contributed by atoms with Crippen LogP contribution in [0.5, 0.6) is 0 Å². The lowest BCUT2D eigenvalue weighted by atomic mass is 10.1. The van der Waals surface area contributed by atoms with Gasteiger partial charge in [-0.2, -0.15) is 5.10 Å². The van der Waals surface area contributed by atoms with Crippen LogP contribution in [0.25, 0.3) is 10.9 Å². The van der Waals surface area contributed by atoms with Gasteiger partial charge < -0.3 is 5.32 Å². The molecule has 3 nitrogen and oxygen atoms in total. The van der Waals surface area contributed by atoms with Crippen molar-refractivity contribution >= 4 is 10.9 Å². The van der Waals surface area contributed by atoms with Crippen LogP contribution in [-0.2, 0) is 6.54 Å². The van der Waals surface area contributed by atoms with Crippen molar-refractivity contribution in [3.8, 4) is 0 Å². The molecule has 0 saturated carbocycles. The van der Waals surface area contributed by atoms with Gasteiger partial charge in [-0.1, -0.05) is 18.2 Å². The van der Waals surface area contributed by atoms with E-state index in [0.29, 0.717) is 0 Å². The molecule has 3 rings (SSSR count). The van der Waals surface area contributed by atoms with E-state index in [2.05, 4.69) is 39.4 Å². The normalized spacial score (nSPS) is 20.1. The first-order chi connectivity index (χ1) is 8.43. The first-order valence-corrected chi connectivity index (χ1v) is 6.57. The number of benzene rings is 1. The first-order valence-electron chi connectivity index (χ1n) is 6.57. The molecule has 2 aromatic rings. The lowest BCUT2D eigenvalue weighted by Gasteiger charge is -2.09. The van der Waals surface area contributed by atoms with Crippen molar-refractivity contribution in [1.82, 2.24) is 15.1 Å². The Hall–Kier alpha value is -1.35. The molecule has 0 radical (unpaired) electrons.